The van der Waals surface area contributed by atoms with Crippen molar-refractivity contribution in [3.8, 4) is 0 Å². The molecule has 1 aromatic carbocycles. The SMILES string of the molecule is Cc1ccc(CC(=O)NC2(C(=O)O)CCCCC2)c(Cl)c1. The molecule has 114 valence electrons. The molecule has 0 unspecified atom stereocenters. The number of halogens is 1. The molecule has 1 aliphatic rings. The Morgan fingerprint density at radius 2 is 1.95 bits per heavy atom. The Balaban J connectivity index is 2.07. The van der Waals surface area contributed by atoms with Crippen LogP contribution < -0.4 is 5.32 Å². The summed E-state index contributed by atoms with van der Waals surface area (Å²) in [5.41, 5.74) is 0.640. The number of hydrogen-bond acceptors (Lipinski definition) is 2. The first-order chi connectivity index (χ1) is 9.93. The number of benzene rings is 1. The van der Waals surface area contributed by atoms with Gasteiger partial charge in [0.1, 0.15) is 5.54 Å². The van der Waals surface area contributed by atoms with Crippen molar-refractivity contribution in [3.05, 3.63) is 34.3 Å². The zero-order valence-corrected chi connectivity index (χ0v) is 12.9. The van der Waals surface area contributed by atoms with Gasteiger partial charge in [-0.05, 0) is 37.0 Å². The van der Waals surface area contributed by atoms with E-state index in [1.54, 1.807) is 6.07 Å². The molecule has 0 aromatic heterocycles. The summed E-state index contributed by atoms with van der Waals surface area (Å²) in [5.74, 6) is -1.23. The first-order valence-electron chi connectivity index (χ1n) is 7.22. The van der Waals surface area contributed by atoms with E-state index in [0.717, 1.165) is 30.4 Å². The van der Waals surface area contributed by atoms with E-state index >= 15 is 0 Å². The third kappa shape index (κ3) is 3.76. The molecule has 0 saturated heterocycles. The molecule has 21 heavy (non-hydrogen) atoms. The van der Waals surface area contributed by atoms with Crippen molar-refractivity contribution in [2.24, 2.45) is 0 Å². The standard InChI is InChI=1S/C16H20ClNO3/c1-11-5-6-12(13(17)9-11)10-14(19)18-16(15(20)21)7-3-2-4-8-16/h5-6,9H,2-4,7-8,10H2,1H3,(H,18,19)(H,20,21). The molecule has 0 aliphatic heterocycles. The Hall–Kier alpha value is -1.55. The minimum absolute atomic E-state index is 0.105. The van der Waals surface area contributed by atoms with Crippen LogP contribution in [0.2, 0.25) is 5.02 Å². The molecule has 1 aromatic rings. The van der Waals surface area contributed by atoms with Gasteiger partial charge >= 0.3 is 5.97 Å². The largest absolute Gasteiger partial charge is 0.480 e. The number of carbonyl (C=O) groups is 2. The van der Waals surface area contributed by atoms with Crippen LogP contribution in [-0.4, -0.2) is 22.5 Å². The van der Waals surface area contributed by atoms with Gasteiger partial charge in [0.25, 0.3) is 0 Å². The summed E-state index contributed by atoms with van der Waals surface area (Å²) < 4.78 is 0. The summed E-state index contributed by atoms with van der Waals surface area (Å²) in [5, 5.41) is 12.7. The van der Waals surface area contributed by atoms with Crippen LogP contribution in [0.4, 0.5) is 0 Å². The van der Waals surface area contributed by atoms with Crippen molar-refractivity contribution < 1.29 is 14.7 Å². The molecule has 0 spiro atoms. The Kier molecular flexibility index (Phi) is 4.88. The first-order valence-corrected chi connectivity index (χ1v) is 7.60. The second-order valence-electron chi connectivity index (χ2n) is 5.77. The van der Waals surface area contributed by atoms with E-state index in [9.17, 15) is 14.7 Å². The highest BCUT2D eigenvalue weighted by atomic mass is 35.5. The average Bonchev–Trinajstić information content (AvgIpc) is 2.43. The summed E-state index contributed by atoms with van der Waals surface area (Å²) in [6.07, 6.45) is 3.78. The number of carboxylic acids is 1. The molecule has 0 bridgehead atoms. The molecule has 1 amide bonds. The van der Waals surface area contributed by atoms with Crippen LogP contribution in [-0.2, 0) is 16.0 Å². The molecule has 1 aliphatic carbocycles. The number of carboxylic acid groups (broad SMARTS) is 1. The molecular weight excluding hydrogens is 290 g/mol. The Morgan fingerprint density at radius 1 is 1.29 bits per heavy atom. The minimum atomic E-state index is -1.10. The van der Waals surface area contributed by atoms with Gasteiger partial charge in [0, 0.05) is 5.02 Å². The van der Waals surface area contributed by atoms with Crippen molar-refractivity contribution in [3.63, 3.8) is 0 Å². The average molecular weight is 310 g/mol. The van der Waals surface area contributed by atoms with Gasteiger partial charge in [-0.15, -0.1) is 0 Å². The van der Waals surface area contributed by atoms with E-state index in [2.05, 4.69) is 5.32 Å². The zero-order valence-electron chi connectivity index (χ0n) is 12.1. The minimum Gasteiger partial charge on any atom is -0.480 e. The van der Waals surface area contributed by atoms with Gasteiger partial charge in [0.2, 0.25) is 5.91 Å². The summed E-state index contributed by atoms with van der Waals surface area (Å²) in [7, 11) is 0. The second kappa shape index (κ2) is 6.48. The maximum absolute atomic E-state index is 12.2. The number of aryl methyl sites for hydroxylation is 1. The van der Waals surface area contributed by atoms with E-state index in [1.807, 2.05) is 19.1 Å². The van der Waals surface area contributed by atoms with Crippen molar-refractivity contribution in [1.29, 1.82) is 0 Å². The molecule has 1 saturated carbocycles. The van der Waals surface area contributed by atoms with Crippen molar-refractivity contribution in [1.82, 2.24) is 5.32 Å². The highest BCUT2D eigenvalue weighted by Crippen LogP contribution is 2.29. The number of rotatable bonds is 4. The Bertz CT molecular complexity index is 550. The van der Waals surface area contributed by atoms with E-state index in [-0.39, 0.29) is 12.3 Å². The lowest BCUT2D eigenvalue weighted by molar-refractivity contribution is -0.149. The lowest BCUT2D eigenvalue weighted by atomic mass is 9.81. The number of hydrogen-bond donors (Lipinski definition) is 2. The number of carbonyl (C=O) groups excluding carboxylic acids is 1. The fourth-order valence-electron chi connectivity index (χ4n) is 2.83. The van der Waals surface area contributed by atoms with Crippen molar-refractivity contribution in [2.45, 2.75) is 51.0 Å². The number of nitrogens with one attached hydrogen (secondary N) is 1. The quantitative estimate of drug-likeness (QED) is 0.898. The zero-order chi connectivity index (χ0) is 15.5. The van der Waals surface area contributed by atoms with E-state index in [0.29, 0.717) is 17.9 Å². The molecular formula is C16H20ClNO3. The third-order valence-electron chi connectivity index (χ3n) is 4.05. The van der Waals surface area contributed by atoms with Gasteiger partial charge in [-0.25, -0.2) is 4.79 Å². The highest BCUT2D eigenvalue weighted by Gasteiger charge is 2.40. The predicted molar refractivity (Wildman–Crippen MR) is 81.5 cm³/mol. The lowest BCUT2D eigenvalue weighted by Crippen LogP contribution is -2.56. The molecule has 0 radical (unpaired) electrons. The Labute approximate surface area is 129 Å². The number of aliphatic carboxylic acids is 1. The number of amides is 1. The summed E-state index contributed by atoms with van der Waals surface area (Å²) in [6, 6.07) is 5.51. The van der Waals surface area contributed by atoms with Crippen LogP contribution >= 0.6 is 11.6 Å². The fourth-order valence-corrected chi connectivity index (χ4v) is 3.13. The molecule has 2 N–H and O–H groups in total. The summed E-state index contributed by atoms with van der Waals surface area (Å²) in [6.45, 7) is 1.93. The summed E-state index contributed by atoms with van der Waals surface area (Å²) >= 11 is 6.12. The van der Waals surface area contributed by atoms with Crippen molar-refractivity contribution in [2.75, 3.05) is 0 Å². The van der Waals surface area contributed by atoms with E-state index in [1.165, 1.54) is 0 Å². The second-order valence-corrected chi connectivity index (χ2v) is 6.17. The van der Waals surface area contributed by atoms with E-state index in [4.69, 9.17) is 11.6 Å². The van der Waals surface area contributed by atoms with Crippen LogP contribution in [0.3, 0.4) is 0 Å². The highest BCUT2D eigenvalue weighted by molar-refractivity contribution is 6.31. The van der Waals surface area contributed by atoms with Gasteiger partial charge in [-0.1, -0.05) is 43.0 Å². The normalized spacial score (nSPS) is 17.2. The molecule has 0 atom stereocenters. The smallest absolute Gasteiger partial charge is 0.329 e. The predicted octanol–water partition coefficient (Wildman–Crippen LogP) is 3.09. The van der Waals surface area contributed by atoms with Gasteiger partial charge in [-0.2, -0.15) is 0 Å². The van der Waals surface area contributed by atoms with Crippen LogP contribution in [0.5, 0.6) is 0 Å². The van der Waals surface area contributed by atoms with Crippen LogP contribution in [0.25, 0.3) is 0 Å². The van der Waals surface area contributed by atoms with Crippen LogP contribution in [0.1, 0.15) is 43.2 Å². The first kappa shape index (κ1) is 15.8. The summed E-state index contributed by atoms with van der Waals surface area (Å²) in [4.78, 5) is 23.7. The topological polar surface area (TPSA) is 66.4 Å². The van der Waals surface area contributed by atoms with Gasteiger partial charge in [-0.3, -0.25) is 4.79 Å². The molecule has 2 rings (SSSR count). The fraction of sp³-hybridized carbons (Fsp3) is 0.500. The van der Waals surface area contributed by atoms with E-state index < -0.39 is 11.5 Å². The molecule has 1 fully saturated rings. The van der Waals surface area contributed by atoms with Gasteiger partial charge < -0.3 is 10.4 Å². The monoisotopic (exact) mass is 309 g/mol. The van der Waals surface area contributed by atoms with Crippen LogP contribution in [0.15, 0.2) is 18.2 Å². The lowest BCUT2D eigenvalue weighted by Gasteiger charge is -2.34. The van der Waals surface area contributed by atoms with Gasteiger partial charge in [0.05, 0.1) is 6.42 Å². The molecule has 5 heteroatoms. The maximum atomic E-state index is 12.2. The maximum Gasteiger partial charge on any atom is 0.329 e. The Morgan fingerprint density at radius 3 is 2.52 bits per heavy atom. The van der Waals surface area contributed by atoms with Crippen LogP contribution in [0, 0.1) is 6.92 Å². The third-order valence-corrected chi connectivity index (χ3v) is 4.41. The molecule has 4 nitrogen and oxygen atoms in total. The van der Waals surface area contributed by atoms with Gasteiger partial charge in [0.15, 0.2) is 0 Å². The molecule has 0 heterocycles. The van der Waals surface area contributed by atoms with Crippen molar-refractivity contribution >= 4 is 23.5 Å².